The second-order valence-electron chi connectivity index (χ2n) is 5.00. The van der Waals surface area contributed by atoms with Crippen molar-refractivity contribution in [3.8, 4) is 0 Å². The SMILES string of the molecule is Nc1nc(Cl)cc(N(Cc2cccs2)C[C@H]2CCCO2)n1. The van der Waals surface area contributed by atoms with Gasteiger partial charge in [0.2, 0.25) is 5.95 Å². The molecule has 2 N–H and O–H groups in total. The summed E-state index contributed by atoms with van der Waals surface area (Å²) in [6, 6.07) is 5.91. The van der Waals surface area contributed by atoms with Crippen LogP contribution in [0.1, 0.15) is 17.7 Å². The van der Waals surface area contributed by atoms with Gasteiger partial charge < -0.3 is 15.4 Å². The summed E-state index contributed by atoms with van der Waals surface area (Å²) in [6.07, 6.45) is 2.43. The molecule has 0 saturated carbocycles. The van der Waals surface area contributed by atoms with Crippen molar-refractivity contribution < 1.29 is 4.74 Å². The van der Waals surface area contributed by atoms with Crippen LogP contribution in [0.15, 0.2) is 23.6 Å². The molecule has 0 amide bonds. The van der Waals surface area contributed by atoms with Crippen LogP contribution in [0.5, 0.6) is 0 Å². The maximum atomic E-state index is 6.01. The lowest BCUT2D eigenvalue weighted by Gasteiger charge is -2.26. The summed E-state index contributed by atoms with van der Waals surface area (Å²) in [6.45, 7) is 2.39. The van der Waals surface area contributed by atoms with E-state index in [1.165, 1.54) is 4.88 Å². The molecule has 3 rings (SSSR count). The molecule has 112 valence electrons. The standard InChI is InChI=1S/C14H17ClN4OS/c15-12-7-13(18-14(16)17-12)19(8-10-3-1-5-20-10)9-11-4-2-6-21-11/h2,4,6-7,10H,1,3,5,8-9H2,(H2,16,17,18)/t10-/m1/s1. The van der Waals surface area contributed by atoms with Crippen molar-refractivity contribution in [2.45, 2.75) is 25.5 Å². The first-order valence-corrected chi connectivity index (χ1v) is 8.15. The molecule has 1 fully saturated rings. The van der Waals surface area contributed by atoms with Crippen LogP contribution < -0.4 is 10.6 Å². The number of hydrogen-bond acceptors (Lipinski definition) is 6. The number of ether oxygens (including phenoxy) is 1. The highest BCUT2D eigenvalue weighted by Crippen LogP contribution is 2.23. The van der Waals surface area contributed by atoms with Gasteiger partial charge in [0.1, 0.15) is 11.0 Å². The van der Waals surface area contributed by atoms with Crippen LogP contribution in [-0.2, 0) is 11.3 Å². The van der Waals surface area contributed by atoms with E-state index in [-0.39, 0.29) is 12.1 Å². The van der Waals surface area contributed by atoms with Crippen molar-refractivity contribution in [1.29, 1.82) is 0 Å². The van der Waals surface area contributed by atoms with Gasteiger partial charge in [-0.15, -0.1) is 11.3 Å². The molecule has 7 heteroatoms. The van der Waals surface area contributed by atoms with E-state index in [0.717, 1.165) is 38.4 Å². The van der Waals surface area contributed by atoms with Gasteiger partial charge in [-0.3, -0.25) is 0 Å². The summed E-state index contributed by atoms with van der Waals surface area (Å²) in [5.41, 5.74) is 5.72. The third kappa shape index (κ3) is 3.84. The minimum absolute atomic E-state index is 0.195. The van der Waals surface area contributed by atoms with Crippen molar-refractivity contribution in [3.05, 3.63) is 33.6 Å². The van der Waals surface area contributed by atoms with Crippen molar-refractivity contribution in [1.82, 2.24) is 9.97 Å². The normalized spacial score (nSPS) is 18.0. The van der Waals surface area contributed by atoms with E-state index in [0.29, 0.717) is 5.15 Å². The van der Waals surface area contributed by atoms with Crippen LogP contribution >= 0.6 is 22.9 Å². The van der Waals surface area contributed by atoms with E-state index in [1.807, 2.05) is 6.07 Å². The number of nitrogens with two attached hydrogens (primary N) is 1. The molecule has 0 bridgehead atoms. The second kappa shape index (κ2) is 6.60. The maximum absolute atomic E-state index is 6.01. The summed E-state index contributed by atoms with van der Waals surface area (Å²) in [4.78, 5) is 11.7. The zero-order valence-electron chi connectivity index (χ0n) is 11.5. The molecule has 1 atom stereocenters. The monoisotopic (exact) mass is 324 g/mol. The molecule has 0 radical (unpaired) electrons. The Kier molecular flexibility index (Phi) is 4.57. The zero-order valence-corrected chi connectivity index (χ0v) is 13.1. The molecule has 0 spiro atoms. The van der Waals surface area contributed by atoms with E-state index >= 15 is 0 Å². The Balaban J connectivity index is 1.82. The Labute approximate surface area is 132 Å². The van der Waals surface area contributed by atoms with Gasteiger partial charge in [0.05, 0.1) is 12.6 Å². The fourth-order valence-electron chi connectivity index (χ4n) is 2.45. The van der Waals surface area contributed by atoms with Crippen LogP contribution in [-0.4, -0.2) is 29.2 Å². The first-order chi connectivity index (χ1) is 10.2. The van der Waals surface area contributed by atoms with Gasteiger partial charge >= 0.3 is 0 Å². The van der Waals surface area contributed by atoms with E-state index in [4.69, 9.17) is 22.1 Å². The van der Waals surface area contributed by atoms with Crippen LogP contribution in [0.4, 0.5) is 11.8 Å². The first-order valence-electron chi connectivity index (χ1n) is 6.90. The van der Waals surface area contributed by atoms with Gasteiger partial charge in [-0.1, -0.05) is 17.7 Å². The Hall–Kier alpha value is -1.37. The topological polar surface area (TPSA) is 64.3 Å². The summed E-state index contributed by atoms with van der Waals surface area (Å²) >= 11 is 7.73. The number of nitrogens with zero attached hydrogens (tertiary/aromatic N) is 3. The largest absolute Gasteiger partial charge is 0.376 e. The average Bonchev–Trinajstić information content (AvgIpc) is 3.10. The van der Waals surface area contributed by atoms with E-state index in [1.54, 1.807) is 17.4 Å². The molecule has 21 heavy (non-hydrogen) atoms. The average molecular weight is 325 g/mol. The molecule has 0 aliphatic carbocycles. The van der Waals surface area contributed by atoms with Crippen molar-refractivity contribution >= 4 is 34.7 Å². The van der Waals surface area contributed by atoms with E-state index in [9.17, 15) is 0 Å². The Morgan fingerprint density at radius 1 is 1.48 bits per heavy atom. The van der Waals surface area contributed by atoms with Crippen molar-refractivity contribution in [3.63, 3.8) is 0 Å². The summed E-state index contributed by atoms with van der Waals surface area (Å²) < 4.78 is 5.74. The first kappa shape index (κ1) is 14.6. The highest BCUT2D eigenvalue weighted by atomic mass is 35.5. The highest BCUT2D eigenvalue weighted by molar-refractivity contribution is 7.09. The van der Waals surface area contributed by atoms with Gasteiger partial charge in [-0.25, -0.2) is 4.98 Å². The third-order valence-corrected chi connectivity index (χ3v) is 4.45. The number of nitrogen functional groups attached to an aromatic ring is 1. The number of halogens is 1. The molecule has 0 unspecified atom stereocenters. The van der Waals surface area contributed by atoms with Crippen LogP contribution in [0.3, 0.4) is 0 Å². The lowest BCUT2D eigenvalue weighted by molar-refractivity contribution is 0.115. The predicted octanol–water partition coefficient (Wildman–Crippen LogP) is 2.96. The molecule has 1 saturated heterocycles. The molecule has 1 aliphatic rings. The highest BCUT2D eigenvalue weighted by Gasteiger charge is 2.21. The molecule has 5 nitrogen and oxygen atoms in total. The molecule has 2 aromatic rings. The quantitative estimate of drug-likeness (QED) is 0.857. The lowest BCUT2D eigenvalue weighted by atomic mass is 10.2. The maximum Gasteiger partial charge on any atom is 0.223 e. The fraction of sp³-hybridized carbons (Fsp3) is 0.429. The Morgan fingerprint density at radius 3 is 3.05 bits per heavy atom. The number of anilines is 2. The number of thiophene rings is 1. The predicted molar refractivity (Wildman–Crippen MR) is 85.8 cm³/mol. The van der Waals surface area contributed by atoms with Gasteiger partial charge in [0.15, 0.2) is 0 Å². The summed E-state index contributed by atoms with van der Waals surface area (Å²) in [7, 11) is 0. The Bertz CT molecular complexity index is 566. The number of rotatable bonds is 5. The molecule has 0 aromatic carbocycles. The molecular formula is C14H17ClN4OS. The fourth-order valence-corrected chi connectivity index (χ4v) is 3.35. The third-order valence-electron chi connectivity index (χ3n) is 3.40. The molecular weight excluding hydrogens is 308 g/mol. The smallest absolute Gasteiger partial charge is 0.223 e. The minimum atomic E-state index is 0.195. The van der Waals surface area contributed by atoms with E-state index in [2.05, 4.69) is 26.3 Å². The van der Waals surface area contributed by atoms with Crippen LogP contribution in [0.2, 0.25) is 5.15 Å². The molecule has 3 heterocycles. The van der Waals surface area contributed by atoms with Crippen molar-refractivity contribution in [2.24, 2.45) is 0 Å². The van der Waals surface area contributed by atoms with Gasteiger partial charge in [0, 0.05) is 24.1 Å². The van der Waals surface area contributed by atoms with E-state index < -0.39 is 0 Å². The van der Waals surface area contributed by atoms with Crippen LogP contribution in [0, 0.1) is 0 Å². The molecule has 1 aliphatic heterocycles. The number of aromatic nitrogens is 2. The second-order valence-corrected chi connectivity index (χ2v) is 6.42. The lowest BCUT2D eigenvalue weighted by Crippen LogP contribution is -2.32. The summed E-state index contributed by atoms with van der Waals surface area (Å²) in [5.74, 6) is 0.942. The van der Waals surface area contributed by atoms with Gasteiger partial charge in [0.25, 0.3) is 0 Å². The van der Waals surface area contributed by atoms with Gasteiger partial charge in [-0.05, 0) is 24.3 Å². The zero-order chi connectivity index (χ0) is 14.7. The summed E-state index contributed by atoms with van der Waals surface area (Å²) in [5, 5.41) is 2.43. The Morgan fingerprint density at radius 2 is 2.38 bits per heavy atom. The molecule has 2 aromatic heterocycles. The van der Waals surface area contributed by atoms with Crippen molar-refractivity contribution in [2.75, 3.05) is 23.8 Å². The van der Waals surface area contributed by atoms with Crippen LogP contribution in [0.25, 0.3) is 0 Å². The minimum Gasteiger partial charge on any atom is -0.376 e. The number of hydrogen-bond donors (Lipinski definition) is 1. The van der Waals surface area contributed by atoms with Gasteiger partial charge in [-0.2, -0.15) is 4.98 Å².